The molecule has 4 nitrogen and oxygen atoms in total. The van der Waals surface area contributed by atoms with Crippen molar-refractivity contribution in [1.82, 2.24) is 4.98 Å². The molecule has 1 heterocycles. The maximum atomic E-state index is 11.4. The van der Waals surface area contributed by atoms with Gasteiger partial charge in [-0.3, -0.25) is 5.32 Å². The van der Waals surface area contributed by atoms with Crippen molar-refractivity contribution in [2.45, 2.75) is 26.4 Å². The molecule has 0 atom stereocenters. The monoisotopic (exact) mass is 262 g/mol. The highest BCUT2D eigenvalue weighted by Crippen LogP contribution is 2.23. The van der Waals surface area contributed by atoms with Gasteiger partial charge in [-0.25, -0.2) is 9.78 Å². The maximum absolute atomic E-state index is 11.4. The highest BCUT2D eigenvalue weighted by Gasteiger charge is 2.16. The summed E-state index contributed by atoms with van der Waals surface area (Å²) in [7, 11) is 0. The second kappa shape index (κ2) is 4.89. The van der Waals surface area contributed by atoms with E-state index in [1.165, 1.54) is 12.3 Å². The molecule has 0 bridgehead atoms. The topological polar surface area (TPSA) is 51.2 Å². The van der Waals surface area contributed by atoms with Gasteiger partial charge in [-0.15, -0.1) is 0 Å². The second-order valence-corrected chi connectivity index (χ2v) is 4.92. The molecule has 0 aliphatic carbocycles. The van der Waals surface area contributed by atoms with Gasteiger partial charge in [-0.2, -0.15) is 0 Å². The molecule has 0 aromatic carbocycles. The number of hydrogen-bond acceptors (Lipinski definition) is 3. The molecule has 0 aliphatic rings. The number of anilines is 1. The van der Waals surface area contributed by atoms with E-state index in [0.29, 0.717) is 15.9 Å². The summed E-state index contributed by atoms with van der Waals surface area (Å²) in [5, 5.41) is 3.10. The summed E-state index contributed by atoms with van der Waals surface area (Å²) in [6.07, 6.45) is 0.773. The van der Waals surface area contributed by atoms with E-state index in [2.05, 4.69) is 10.3 Å². The van der Waals surface area contributed by atoms with Crippen molar-refractivity contribution >= 4 is 35.1 Å². The van der Waals surface area contributed by atoms with Gasteiger partial charge in [-0.1, -0.05) is 23.2 Å². The van der Waals surface area contributed by atoms with Gasteiger partial charge in [0.25, 0.3) is 0 Å². The molecule has 88 valence electrons. The molecule has 1 rings (SSSR count). The van der Waals surface area contributed by atoms with E-state index < -0.39 is 11.7 Å². The zero-order chi connectivity index (χ0) is 12.3. The first-order valence-corrected chi connectivity index (χ1v) is 5.34. The van der Waals surface area contributed by atoms with Gasteiger partial charge in [0.2, 0.25) is 0 Å². The molecule has 6 heteroatoms. The van der Waals surface area contributed by atoms with Crippen LogP contribution in [-0.2, 0) is 4.74 Å². The first-order chi connectivity index (χ1) is 7.28. The van der Waals surface area contributed by atoms with E-state index in [0.717, 1.165) is 0 Å². The molecule has 0 fully saturated rings. The number of ether oxygens (including phenoxy) is 1. The average molecular weight is 263 g/mol. The van der Waals surface area contributed by atoms with Crippen molar-refractivity contribution < 1.29 is 9.53 Å². The number of halogens is 2. The number of nitrogens with zero attached hydrogens (tertiary/aromatic N) is 1. The third-order valence-electron chi connectivity index (χ3n) is 1.44. The van der Waals surface area contributed by atoms with Crippen molar-refractivity contribution in [3.8, 4) is 0 Å². The van der Waals surface area contributed by atoms with Crippen LogP contribution in [0.5, 0.6) is 0 Å². The minimum Gasteiger partial charge on any atom is -0.444 e. The molecule has 0 spiro atoms. The van der Waals surface area contributed by atoms with Gasteiger partial charge in [-0.05, 0) is 20.8 Å². The zero-order valence-corrected chi connectivity index (χ0v) is 10.7. The normalized spacial score (nSPS) is 11.1. The zero-order valence-electron chi connectivity index (χ0n) is 9.17. The van der Waals surface area contributed by atoms with Crippen LogP contribution in [0.4, 0.5) is 10.6 Å². The lowest BCUT2D eigenvalue weighted by Gasteiger charge is -2.19. The highest BCUT2D eigenvalue weighted by molar-refractivity contribution is 6.42. The van der Waals surface area contributed by atoms with Crippen LogP contribution in [0.2, 0.25) is 10.0 Å². The summed E-state index contributed by atoms with van der Waals surface area (Å²) in [5.41, 5.74) is -0.555. The molecule has 1 N–H and O–H groups in total. The molecule has 16 heavy (non-hydrogen) atoms. The summed E-state index contributed by atoms with van der Waals surface area (Å²) in [4.78, 5) is 15.3. The molecule has 1 aromatic heterocycles. The van der Waals surface area contributed by atoms with E-state index >= 15 is 0 Å². The van der Waals surface area contributed by atoms with E-state index in [4.69, 9.17) is 27.9 Å². The number of aromatic nitrogens is 1. The van der Waals surface area contributed by atoms with Crippen molar-refractivity contribution in [2.24, 2.45) is 0 Å². The third-order valence-corrected chi connectivity index (χ3v) is 2.15. The van der Waals surface area contributed by atoms with Crippen molar-refractivity contribution in [3.63, 3.8) is 0 Å². The Morgan fingerprint density at radius 2 is 2.00 bits per heavy atom. The van der Waals surface area contributed by atoms with Gasteiger partial charge >= 0.3 is 6.09 Å². The predicted octanol–water partition coefficient (Wildman–Crippen LogP) is 3.74. The van der Waals surface area contributed by atoms with Crippen LogP contribution in [0.15, 0.2) is 12.3 Å². The Morgan fingerprint density at radius 1 is 1.38 bits per heavy atom. The number of amides is 1. The predicted molar refractivity (Wildman–Crippen MR) is 64.1 cm³/mol. The minimum absolute atomic E-state index is 0.295. The third kappa shape index (κ3) is 4.24. The fraction of sp³-hybridized carbons (Fsp3) is 0.400. The number of nitrogens with one attached hydrogen (secondary N) is 1. The Balaban J connectivity index is 2.67. The first kappa shape index (κ1) is 13.1. The molecular formula is C10H12Cl2N2O2. The summed E-state index contributed by atoms with van der Waals surface area (Å²) < 4.78 is 5.05. The number of pyridine rings is 1. The molecule has 0 unspecified atom stereocenters. The lowest BCUT2D eigenvalue weighted by molar-refractivity contribution is 0.0635. The van der Waals surface area contributed by atoms with Crippen LogP contribution >= 0.6 is 23.2 Å². The Bertz CT molecular complexity index is 402. The lowest BCUT2D eigenvalue weighted by Crippen LogP contribution is -2.27. The Morgan fingerprint density at radius 3 is 2.50 bits per heavy atom. The molecule has 1 amide bonds. The minimum atomic E-state index is -0.585. The number of rotatable bonds is 1. The molecule has 0 radical (unpaired) electrons. The maximum Gasteiger partial charge on any atom is 0.413 e. The van der Waals surface area contributed by atoms with E-state index in [9.17, 15) is 4.79 Å². The Hall–Kier alpha value is -1.00. The van der Waals surface area contributed by atoms with Crippen LogP contribution in [0.3, 0.4) is 0 Å². The summed E-state index contributed by atoms with van der Waals surface area (Å²) in [5.74, 6) is 0.295. The van der Waals surface area contributed by atoms with Crippen LogP contribution in [-0.4, -0.2) is 16.7 Å². The van der Waals surface area contributed by atoms with Crippen LogP contribution in [0, 0.1) is 0 Å². The summed E-state index contributed by atoms with van der Waals surface area (Å²) in [6.45, 7) is 5.32. The van der Waals surface area contributed by atoms with Crippen molar-refractivity contribution in [2.75, 3.05) is 5.32 Å². The smallest absolute Gasteiger partial charge is 0.413 e. The van der Waals surface area contributed by atoms with Crippen LogP contribution < -0.4 is 5.32 Å². The standard InChI is InChI=1S/C10H12Cl2N2O2/c1-10(2,3)16-9(15)14-8-4-6(11)7(12)5-13-8/h4-5H,1-3H3,(H,13,14,15). The quantitative estimate of drug-likeness (QED) is 0.839. The van der Waals surface area contributed by atoms with Crippen molar-refractivity contribution in [1.29, 1.82) is 0 Å². The Kier molecular flexibility index (Phi) is 3.99. The average Bonchev–Trinajstić information content (AvgIpc) is 2.08. The van der Waals surface area contributed by atoms with E-state index in [-0.39, 0.29) is 0 Å². The summed E-state index contributed by atoms with van der Waals surface area (Å²) >= 11 is 11.5. The fourth-order valence-electron chi connectivity index (χ4n) is 0.891. The van der Waals surface area contributed by atoms with Crippen LogP contribution in [0.25, 0.3) is 0 Å². The van der Waals surface area contributed by atoms with Gasteiger partial charge in [0.15, 0.2) is 0 Å². The molecule has 0 saturated heterocycles. The van der Waals surface area contributed by atoms with E-state index in [1.54, 1.807) is 20.8 Å². The number of carbonyl (C=O) groups excluding carboxylic acids is 1. The summed E-state index contributed by atoms with van der Waals surface area (Å²) in [6, 6.07) is 1.45. The number of hydrogen-bond donors (Lipinski definition) is 1. The van der Waals surface area contributed by atoms with Gasteiger partial charge < -0.3 is 4.74 Å². The Labute approximate surface area is 104 Å². The lowest BCUT2D eigenvalue weighted by atomic mass is 10.2. The van der Waals surface area contributed by atoms with Crippen LogP contribution in [0.1, 0.15) is 20.8 Å². The largest absolute Gasteiger partial charge is 0.444 e. The van der Waals surface area contributed by atoms with Gasteiger partial charge in [0, 0.05) is 12.3 Å². The van der Waals surface area contributed by atoms with E-state index in [1.807, 2.05) is 0 Å². The second-order valence-electron chi connectivity index (χ2n) is 4.11. The molecule has 0 aliphatic heterocycles. The SMILES string of the molecule is CC(C)(C)OC(=O)Nc1cc(Cl)c(Cl)cn1. The molecule has 0 saturated carbocycles. The molecule has 1 aromatic rings. The molecular weight excluding hydrogens is 251 g/mol. The first-order valence-electron chi connectivity index (χ1n) is 4.59. The van der Waals surface area contributed by atoms with Crippen molar-refractivity contribution in [3.05, 3.63) is 22.3 Å². The van der Waals surface area contributed by atoms with Gasteiger partial charge in [0.1, 0.15) is 11.4 Å². The number of carbonyl (C=O) groups is 1. The highest BCUT2D eigenvalue weighted by atomic mass is 35.5. The van der Waals surface area contributed by atoms with Gasteiger partial charge in [0.05, 0.1) is 10.0 Å². The fourth-order valence-corrected chi connectivity index (χ4v) is 1.15.